The van der Waals surface area contributed by atoms with Crippen LogP contribution in [-0.2, 0) is 11.3 Å². The molecule has 0 aliphatic carbocycles. The molecule has 1 aliphatic rings. The van der Waals surface area contributed by atoms with Gasteiger partial charge < -0.3 is 19.7 Å². The molecule has 1 fully saturated rings. The summed E-state index contributed by atoms with van der Waals surface area (Å²) >= 11 is 0. The monoisotopic (exact) mass is 333 g/mol. The first-order chi connectivity index (χ1) is 11.6. The molecule has 8 heteroatoms. The summed E-state index contributed by atoms with van der Waals surface area (Å²) in [5.41, 5.74) is 1.19. The predicted molar refractivity (Wildman–Crippen MR) is 85.8 cm³/mol. The Bertz CT molecular complexity index is 809. The van der Waals surface area contributed by atoms with E-state index >= 15 is 0 Å². The fourth-order valence-electron chi connectivity index (χ4n) is 2.98. The number of hydrogen-bond donors (Lipinski definition) is 2. The van der Waals surface area contributed by atoms with Crippen LogP contribution in [0.1, 0.15) is 12.8 Å². The number of para-hydroxylation sites is 2. The van der Waals surface area contributed by atoms with E-state index in [1.165, 1.54) is 9.47 Å². The Balaban J connectivity index is 1.58. The number of nitrogens with zero attached hydrogens (tertiary/aromatic N) is 2. The van der Waals surface area contributed by atoms with E-state index < -0.39 is 17.6 Å². The van der Waals surface area contributed by atoms with Gasteiger partial charge in [0.1, 0.15) is 0 Å². The van der Waals surface area contributed by atoms with Gasteiger partial charge in [-0.1, -0.05) is 12.1 Å². The first-order valence-electron chi connectivity index (χ1n) is 7.90. The smallest absolute Gasteiger partial charge is 0.420 e. The number of aromatic nitrogens is 1. The zero-order chi connectivity index (χ0) is 17.1. The number of piperidine rings is 1. The van der Waals surface area contributed by atoms with Crippen molar-refractivity contribution in [1.29, 1.82) is 0 Å². The average molecular weight is 333 g/mol. The van der Waals surface area contributed by atoms with E-state index in [0.717, 1.165) is 0 Å². The standard InChI is InChI=1S/C16H19N3O5/c20-14(21)11-4-3-8-18(10-11)15(22)17-7-9-19-12-5-1-2-6-13(12)24-16(19)23/h1-2,5-6,11H,3-4,7-10H2,(H,17,22)(H,20,21). The predicted octanol–water partition coefficient (Wildman–Crippen LogP) is 1.10. The molecule has 0 bridgehead atoms. The van der Waals surface area contributed by atoms with Crippen molar-refractivity contribution in [3.8, 4) is 0 Å². The van der Waals surface area contributed by atoms with Crippen LogP contribution in [0.3, 0.4) is 0 Å². The maximum Gasteiger partial charge on any atom is 0.420 e. The number of oxazole rings is 1. The van der Waals surface area contributed by atoms with Gasteiger partial charge in [-0.3, -0.25) is 9.36 Å². The van der Waals surface area contributed by atoms with Crippen molar-refractivity contribution in [3.63, 3.8) is 0 Å². The maximum absolute atomic E-state index is 12.2. The van der Waals surface area contributed by atoms with Crippen LogP contribution in [0.4, 0.5) is 4.79 Å². The van der Waals surface area contributed by atoms with Crippen LogP contribution >= 0.6 is 0 Å². The molecule has 2 N–H and O–H groups in total. The Morgan fingerprint density at radius 3 is 2.92 bits per heavy atom. The van der Waals surface area contributed by atoms with E-state index in [1.54, 1.807) is 18.2 Å². The number of amides is 2. The number of hydrogen-bond acceptors (Lipinski definition) is 4. The molecule has 2 amide bonds. The van der Waals surface area contributed by atoms with Gasteiger partial charge in [-0.15, -0.1) is 0 Å². The van der Waals surface area contributed by atoms with Crippen LogP contribution in [0.25, 0.3) is 11.1 Å². The van der Waals surface area contributed by atoms with Crippen LogP contribution < -0.4 is 11.1 Å². The van der Waals surface area contributed by atoms with E-state index in [4.69, 9.17) is 9.52 Å². The third-order valence-electron chi connectivity index (χ3n) is 4.24. The highest BCUT2D eigenvalue weighted by Crippen LogP contribution is 2.16. The van der Waals surface area contributed by atoms with Crippen molar-refractivity contribution in [3.05, 3.63) is 34.8 Å². The van der Waals surface area contributed by atoms with E-state index in [0.29, 0.717) is 30.5 Å². The first kappa shape index (κ1) is 16.1. The lowest BCUT2D eigenvalue weighted by Crippen LogP contribution is -2.47. The summed E-state index contributed by atoms with van der Waals surface area (Å²) in [6.07, 6.45) is 1.27. The number of rotatable bonds is 4. The summed E-state index contributed by atoms with van der Waals surface area (Å²) in [6, 6.07) is 6.79. The number of carbonyl (C=O) groups is 2. The minimum atomic E-state index is -0.871. The van der Waals surface area contributed by atoms with Crippen molar-refractivity contribution in [2.45, 2.75) is 19.4 Å². The number of urea groups is 1. The zero-order valence-electron chi connectivity index (χ0n) is 13.1. The molecule has 1 saturated heterocycles. The van der Waals surface area contributed by atoms with Crippen LogP contribution in [-0.4, -0.2) is 46.2 Å². The average Bonchev–Trinajstić information content (AvgIpc) is 2.90. The number of nitrogens with one attached hydrogen (secondary N) is 1. The van der Waals surface area contributed by atoms with Gasteiger partial charge in [0.2, 0.25) is 0 Å². The second kappa shape index (κ2) is 6.77. The van der Waals surface area contributed by atoms with E-state index in [1.807, 2.05) is 6.07 Å². The normalized spacial score (nSPS) is 17.8. The molecule has 0 spiro atoms. The van der Waals surface area contributed by atoms with Gasteiger partial charge in [-0.2, -0.15) is 0 Å². The fourth-order valence-corrected chi connectivity index (χ4v) is 2.98. The minimum absolute atomic E-state index is 0.218. The second-order valence-corrected chi connectivity index (χ2v) is 5.84. The molecule has 1 aromatic heterocycles. The van der Waals surface area contributed by atoms with Crippen LogP contribution in [0.5, 0.6) is 0 Å². The van der Waals surface area contributed by atoms with Gasteiger partial charge in [-0.25, -0.2) is 9.59 Å². The highest BCUT2D eigenvalue weighted by atomic mass is 16.4. The SMILES string of the molecule is O=C(O)C1CCCN(C(=O)NCCn2c(=O)oc3ccccc32)C1. The summed E-state index contributed by atoms with van der Waals surface area (Å²) in [6.45, 7) is 1.31. The Hall–Kier alpha value is -2.77. The molecule has 1 aliphatic heterocycles. The van der Waals surface area contributed by atoms with Crippen molar-refractivity contribution >= 4 is 23.1 Å². The maximum atomic E-state index is 12.2. The molecule has 1 unspecified atom stereocenters. The third-order valence-corrected chi connectivity index (χ3v) is 4.24. The molecule has 0 saturated carbocycles. The highest BCUT2D eigenvalue weighted by molar-refractivity contribution is 5.76. The van der Waals surface area contributed by atoms with Crippen molar-refractivity contribution in [2.75, 3.05) is 19.6 Å². The molecule has 1 aromatic carbocycles. The number of fused-ring (bicyclic) bond motifs is 1. The van der Waals surface area contributed by atoms with E-state index in [2.05, 4.69) is 5.32 Å². The number of aliphatic carboxylic acids is 1. The van der Waals surface area contributed by atoms with Gasteiger partial charge >= 0.3 is 17.8 Å². The molecular formula is C16H19N3O5. The van der Waals surface area contributed by atoms with Gasteiger partial charge in [-0.05, 0) is 25.0 Å². The minimum Gasteiger partial charge on any atom is -0.481 e. The molecular weight excluding hydrogens is 314 g/mol. The molecule has 2 heterocycles. The third kappa shape index (κ3) is 3.27. The number of carbonyl (C=O) groups excluding carboxylic acids is 1. The highest BCUT2D eigenvalue weighted by Gasteiger charge is 2.27. The number of benzene rings is 1. The van der Waals surface area contributed by atoms with Crippen molar-refractivity contribution in [1.82, 2.24) is 14.8 Å². The van der Waals surface area contributed by atoms with Crippen molar-refractivity contribution in [2.24, 2.45) is 5.92 Å². The molecule has 1 atom stereocenters. The molecule has 24 heavy (non-hydrogen) atoms. The largest absolute Gasteiger partial charge is 0.481 e. The fraction of sp³-hybridized carbons (Fsp3) is 0.438. The number of carboxylic acids is 1. The Labute approximate surface area is 137 Å². The summed E-state index contributed by atoms with van der Waals surface area (Å²) in [7, 11) is 0. The molecule has 8 nitrogen and oxygen atoms in total. The Morgan fingerprint density at radius 2 is 2.12 bits per heavy atom. The van der Waals surface area contributed by atoms with E-state index in [-0.39, 0.29) is 25.7 Å². The van der Waals surface area contributed by atoms with Gasteiger partial charge in [0, 0.05) is 26.2 Å². The molecule has 128 valence electrons. The number of likely N-dealkylation sites (tertiary alicyclic amines) is 1. The summed E-state index contributed by atoms with van der Waals surface area (Å²) in [5, 5.41) is 11.8. The van der Waals surface area contributed by atoms with Gasteiger partial charge in [0.25, 0.3) is 0 Å². The lowest BCUT2D eigenvalue weighted by atomic mass is 9.99. The molecule has 3 rings (SSSR count). The lowest BCUT2D eigenvalue weighted by molar-refractivity contribution is -0.143. The van der Waals surface area contributed by atoms with Gasteiger partial charge in [0.05, 0.1) is 11.4 Å². The lowest BCUT2D eigenvalue weighted by Gasteiger charge is -2.30. The van der Waals surface area contributed by atoms with Crippen LogP contribution in [0.15, 0.2) is 33.5 Å². The molecule has 0 radical (unpaired) electrons. The van der Waals surface area contributed by atoms with Crippen LogP contribution in [0, 0.1) is 5.92 Å². The number of carboxylic acid groups (broad SMARTS) is 1. The summed E-state index contributed by atoms with van der Waals surface area (Å²) in [4.78, 5) is 36.6. The summed E-state index contributed by atoms with van der Waals surface area (Å²) < 4.78 is 6.60. The van der Waals surface area contributed by atoms with Crippen LogP contribution in [0.2, 0.25) is 0 Å². The van der Waals surface area contributed by atoms with Gasteiger partial charge in [0.15, 0.2) is 5.58 Å². The Kier molecular flexibility index (Phi) is 4.54. The topological polar surface area (TPSA) is 105 Å². The second-order valence-electron chi connectivity index (χ2n) is 5.84. The molecule has 2 aromatic rings. The van der Waals surface area contributed by atoms with Crippen molar-refractivity contribution < 1.29 is 19.1 Å². The van der Waals surface area contributed by atoms with E-state index in [9.17, 15) is 14.4 Å². The quantitative estimate of drug-likeness (QED) is 0.872. The summed E-state index contributed by atoms with van der Waals surface area (Å²) in [5.74, 6) is -1.84. The Morgan fingerprint density at radius 1 is 1.33 bits per heavy atom. The first-order valence-corrected chi connectivity index (χ1v) is 7.90. The zero-order valence-corrected chi connectivity index (χ0v) is 13.1.